The van der Waals surface area contributed by atoms with Crippen LogP contribution in [0.3, 0.4) is 0 Å². The van der Waals surface area contributed by atoms with E-state index in [9.17, 15) is 9.59 Å². The normalized spacial score (nSPS) is 17.4. The van der Waals surface area contributed by atoms with E-state index in [0.29, 0.717) is 11.7 Å². The average molecular weight is 294 g/mol. The van der Waals surface area contributed by atoms with Crippen molar-refractivity contribution in [3.8, 4) is 0 Å². The van der Waals surface area contributed by atoms with Crippen LogP contribution in [-0.4, -0.2) is 22.0 Å². The molecule has 1 aliphatic rings. The summed E-state index contributed by atoms with van der Waals surface area (Å²) in [5.41, 5.74) is -0.388. The first-order valence-corrected chi connectivity index (χ1v) is 7.39. The van der Waals surface area contributed by atoms with Crippen molar-refractivity contribution < 1.29 is 19.1 Å². The SMILES string of the molecule is Cc1cnc(CNC(=O)CC2(CC(=O)O)CCCCC2)o1. The number of carboxylic acid groups (broad SMARTS) is 1. The predicted molar refractivity (Wildman–Crippen MR) is 75.5 cm³/mol. The second kappa shape index (κ2) is 6.74. The number of carbonyl (C=O) groups excluding carboxylic acids is 1. The van der Waals surface area contributed by atoms with E-state index in [-0.39, 0.29) is 30.7 Å². The number of aryl methyl sites for hydroxylation is 1. The molecule has 6 nitrogen and oxygen atoms in total. The molecule has 1 saturated carbocycles. The molecule has 0 aromatic carbocycles. The quantitative estimate of drug-likeness (QED) is 0.840. The van der Waals surface area contributed by atoms with E-state index >= 15 is 0 Å². The van der Waals surface area contributed by atoms with Gasteiger partial charge in [-0.1, -0.05) is 19.3 Å². The largest absolute Gasteiger partial charge is 0.481 e. The van der Waals surface area contributed by atoms with Crippen molar-refractivity contribution in [1.29, 1.82) is 0 Å². The lowest BCUT2D eigenvalue weighted by atomic mass is 9.69. The third-order valence-electron chi connectivity index (χ3n) is 4.08. The highest BCUT2D eigenvalue weighted by atomic mass is 16.4. The zero-order chi connectivity index (χ0) is 15.3. The van der Waals surface area contributed by atoms with Crippen LogP contribution >= 0.6 is 0 Å². The fourth-order valence-corrected chi connectivity index (χ4v) is 3.10. The van der Waals surface area contributed by atoms with Gasteiger partial charge in [-0.05, 0) is 25.2 Å². The maximum absolute atomic E-state index is 12.1. The summed E-state index contributed by atoms with van der Waals surface area (Å²) in [6.45, 7) is 2.04. The summed E-state index contributed by atoms with van der Waals surface area (Å²) in [5, 5.41) is 11.9. The van der Waals surface area contributed by atoms with Gasteiger partial charge in [-0.25, -0.2) is 4.98 Å². The fraction of sp³-hybridized carbons (Fsp3) is 0.667. The molecular weight excluding hydrogens is 272 g/mol. The second-order valence-electron chi connectivity index (χ2n) is 5.95. The lowest BCUT2D eigenvalue weighted by Crippen LogP contribution is -2.35. The number of hydrogen-bond donors (Lipinski definition) is 2. The molecule has 0 bridgehead atoms. The lowest BCUT2D eigenvalue weighted by Gasteiger charge is -2.35. The number of aromatic nitrogens is 1. The average Bonchev–Trinajstić information content (AvgIpc) is 2.82. The van der Waals surface area contributed by atoms with E-state index in [1.807, 2.05) is 0 Å². The summed E-state index contributed by atoms with van der Waals surface area (Å²) in [6.07, 6.45) is 6.68. The molecule has 1 heterocycles. The Kier molecular flexibility index (Phi) is 4.98. The minimum absolute atomic E-state index is 0.0680. The van der Waals surface area contributed by atoms with Crippen LogP contribution in [0.25, 0.3) is 0 Å². The molecule has 0 radical (unpaired) electrons. The zero-order valence-corrected chi connectivity index (χ0v) is 12.4. The van der Waals surface area contributed by atoms with Crippen LogP contribution in [0.4, 0.5) is 0 Å². The molecule has 1 aromatic rings. The van der Waals surface area contributed by atoms with Gasteiger partial charge in [0.1, 0.15) is 5.76 Å². The maximum atomic E-state index is 12.1. The van der Waals surface area contributed by atoms with E-state index in [2.05, 4.69) is 10.3 Å². The van der Waals surface area contributed by atoms with E-state index in [1.54, 1.807) is 13.1 Å². The van der Waals surface area contributed by atoms with Crippen LogP contribution in [0.5, 0.6) is 0 Å². The van der Waals surface area contributed by atoms with Gasteiger partial charge in [0.15, 0.2) is 0 Å². The van der Waals surface area contributed by atoms with E-state index in [4.69, 9.17) is 9.52 Å². The van der Waals surface area contributed by atoms with Crippen molar-refractivity contribution >= 4 is 11.9 Å². The standard InChI is InChI=1S/C15H22N2O4/c1-11-9-17-13(21-11)10-16-12(18)7-15(8-14(19)20)5-3-2-4-6-15/h9H,2-8,10H2,1H3,(H,16,18)(H,19,20). The van der Waals surface area contributed by atoms with Crippen molar-refractivity contribution in [2.24, 2.45) is 5.41 Å². The maximum Gasteiger partial charge on any atom is 0.303 e. The van der Waals surface area contributed by atoms with Gasteiger partial charge in [0, 0.05) is 6.42 Å². The second-order valence-corrected chi connectivity index (χ2v) is 5.95. The van der Waals surface area contributed by atoms with Crippen molar-refractivity contribution in [2.75, 3.05) is 0 Å². The van der Waals surface area contributed by atoms with Gasteiger partial charge in [-0.15, -0.1) is 0 Å². The highest BCUT2D eigenvalue weighted by molar-refractivity contribution is 5.78. The molecule has 0 atom stereocenters. The number of amides is 1. The number of aliphatic carboxylic acids is 1. The molecule has 1 aromatic heterocycles. The number of oxazole rings is 1. The van der Waals surface area contributed by atoms with Gasteiger partial charge in [0.25, 0.3) is 0 Å². The Morgan fingerprint density at radius 3 is 2.62 bits per heavy atom. The van der Waals surface area contributed by atoms with E-state index < -0.39 is 5.97 Å². The molecule has 1 fully saturated rings. The van der Waals surface area contributed by atoms with Crippen molar-refractivity contribution in [2.45, 2.75) is 58.4 Å². The number of carbonyl (C=O) groups is 2. The van der Waals surface area contributed by atoms with Gasteiger partial charge in [0.2, 0.25) is 11.8 Å². The lowest BCUT2D eigenvalue weighted by molar-refractivity contribution is -0.141. The molecule has 0 saturated heterocycles. The molecule has 1 aliphatic carbocycles. The first-order chi connectivity index (χ1) is 9.99. The number of hydrogen-bond acceptors (Lipinski definition) is 4. The van der Waals surface area contributed by atoms with Crippen molar-refractivity contribution in [1.82, 2.24) is 10.3 Å². The van der Waals surface area contributed by atoms with Crippen molar-refractivity contribution in [3.05, 3.63) is 17.8 Å². The first-order valence-electron chi connectivity index (χ1n) is 7.39. The van der Waals surface area contributed by atoms with Crippen LogP contribution in [0.1, 0.15) is 56.6 Å². The summed E-state index contributed by atoms with van der Waals surface area (Å²) in [6, 6.07) is 0. The van der Waals surface area contributed by atoms with Crippen LogP contribution in [0.15, 0.2) is 10.6 Å². The highest BCUT2D eigenvalue weighted by Gasteiger charge is 2.36. The van der Waals surface area contributed by atoms with Crippen molar-refractivity contribution in [3.63, 3.8) is 0 Å². The van der Waals surface area contributed by atoms with Crippen LogP contribution in [-0.2, 0) is 16.1 Å². The number of nitrogens with one attached hydrogen (secondary N) is 1. The molecule has 1 amide bonds. The summed E-state index contributed by atoms with van der Waals surface area (Å²) < 4.78 is 5.29. The van der Waals surface area contributed by atoms with E-state index in [1.165, 1.54) is 0 Å². The van der Waals surface area contributed by atoms with Gasteiger partial charge in [-0.3, -0.25) is 9.59 Å². The Bertz CT molecular complexity index is 504. The Labute approximate surface area is 123 Å². The summed E-state index contributed by atoms with van der Waals surface area (Å²) >= 11 is 0. The van der Waals surface area contributed by atoms with Crippen LogP contribution < -0.4 is 5.32 Å². The molecule has 2 rings (SSSR count). The fourth-order valence-electron chi connectivity index (χ4n) is 3.10. The first kappa shape index (κ1) is 15.5. The molecular formula is C15H22N2O4. The monoisotopic (exact) mass is 294 g/mol. The van der Waals surface area contributed by atoms with Crippen LogP contribution in [0.2, 0.25) is 0 Å². The van der Waals surface area contributed by atoms with Gasteiger partial charge < -0.3 is 14.8 Å². The minimum atomic E-state index is -0.826. The highest BCUT2D eigenvalue weighted by Crippen LogP contribution is 2.42. The number of carboxylic acids is 1. The Hall–Kier alpha value is -1.85. The Morgan fingerprint density at radius 1 is 1.33 bits per heavy atom. The molecule has 0 spiro atoms. The molecule has 21 heavy (non-hydrogen) atoms. The van der Waals surface area contributed by atoms with Crippen LogP contribution in [0, 0.1) is 12.3 Å². The summed E-state index contributed by atoms with van der Waals surface area (Å²) in [5.74, 6) is 0.215. The molecule has 6 heteroatoms. The summed E-state index contributed by atoms with van der Waals surface area (Å²) in [7, 11) is 0. The molecule has 0 unspecified atom stereocenters. The molecule has 0 aliphatic heterocycles. The molecule has 2 N–H and O–H groups in total. The summed E-state index contributed by atoms with van der Waals surface area (Å²) in [4.78, 5) is 27.2. The smallest absolute Gasteiger partial charge is 0.303 e. The zero-order valence-electron chi connectivity index (χ0n) is 12.4. The van der Waals surface area contributed by atoms with Gasteiger partial charge >= 0.3 is 5.97 Å². The van der Waals surface area contributed by atoms with Gasteiger partial charge in [0.05, 0.1) is 19.2 Å². The number of rotatable bonds is 6. The predicted octanol–water partition coefficient (Wildman–Crippen LogP) is 2.41. The Morgan fingerprint density at radius 2 is 2.05 bits per heavy atom. The Balaban J connectivity index is 1.89. The number of nitrogens with zero attached hydrogens (tertiary/aromatic N) is 1. The molecule has 116 valence electrons. The third-order valence-corrected chi connectivity index (χ3v) is 4.08. The van der Waals surface area contributed by atoms with Gasteiger partial charge in [-0.2, -0.15) is 0 Å². The minimum Gasteiger partial charge on any atom is -0.481 e. The third kappa shape index (κ3) is 4.58. The van der Waals surface area contributed by atoms with E-state index in [0.717, 1.165) is 32.1 Å². The topological polar surface area (TPSA) is 92.4 Å².